The summed E-state index contributed by atoms with van der Waals surface area (Å²) in [5, 5.41) is 10.7. The molecule has 1 aliphatic heterocycles. The number of Topliss-reactive ketones (excluding diaryl/α,β-unsaturated/α-hetero) is 1. The lowest BCUT2D eigenvalue weighted by molar-refractivity contribution is -0.384. The van der Waals surface area contributed by atoms with Gasteiger partial charge in [-0.3, -0.25) is 24.5 Å². The molecule has 1 aromatic carbocycles. The summed E-state index contributed by atoms with van der Waals surface area (Å²) in [5.74, 6) is -2.86. The van der Waals surface area contributed by atoms with E-state index in [0.29, 0.717) is 0 Å². The number of nitrogens with two attached hydrogens (primary N) is 1. The number of ketones is 1. The summed E-state index contributed by atoms with van der Waals surface area (Å²) in [6.45, 7) is 1.49. The van der Waals surface area contributed by atoms with Gasteiger partial charge >= 0.3 is 0 Å². The van der Waals surface area contributed by atoms with Crippen molar-refractivity contribution < 1.29 is 19.3 Å². The van der Waals surface area contributed by atoms with Gasteiger partial charge in [-0.15, -0.1) is 0 Å². The molecule has 8 heteroatoms. The van der Waals surface area contributed by atoms with Gasteiger partial charge in [-0.2, -0.15) is 0 Å². The van der Waals surface area contributed by atoms with E-state index in [0.717, 1.165) is 11.0 Å². The molecular formula is C12H11N3O5. The maximum atomic E-state index is 11.9. The van der Waals surface area contributed by atoms with Gasteiger partial charge in [-0.25, -0.2) is 0 Å². The van der Waals surface area contributed by atoms with Crippen LogP contribution in [0.1, 0.15) is 17.3 Å². The highest BCUT2D eigenvalue weighted by Gasteiger charge is 2.38. The molecule has 0 aliphatic carbocycles. The minimum atomic E-state index is -0.819. The quantitative estimate of drug-likeness (QED) is 0.479. The minimum absolute atomic E-state index is 0.0270. The molecular weight excluding hydrogens is 266 g/mol. The zero-order valence-corrected chi connectivity index (χ0v) is 10.5. The van der Waals surface area contributed by atoms with Gasteiger partial charge in [0, 0.05) is 18.7 Å². The van der Waals surface area contributed by atoms with Crippen LogP contribution >= 0.6 is 0 Å². The number of rotatable bonds is 4. The van der Waals surface area contributed by atoms with E-state index in [1.165, 1.54) is 19.1 Å². The van der Waals surface area contributed by atoms with E-state index in [-0.39, 0.29) is 23.5 Å². The molecule has 8 nitrogen and oxygen atoms in total. The molecule has 2 rings (SSSR count). The summed E-state index contributed by atoms with van der Waals surface area (Å²) in [4.78, 5) is 45.8. The van der Waals surface area contributed by atoms with Crippen molar-refractivity contribution in [3.8, 4) is 0 Å². The first-order valence-corrected chi connectivity index (χ1v) is 5.77. The molecule has 1 unspecified atom stereocenters. The van der Waals surface area contributed by atoms with Crippen LogP contribution in [0.5, 0.6) is 0 Å². The fourth-order valence-electron chi connectivity index (χ4n) is 1.95. The van der Waals surface area contributed by atoms with Crippen molar-refractivity contribution in [1.82, 2.24) is 0 Å². The van der Waals surface area contributed by atoms with Crippen molar-refractivity contribution in [2.24, 2.45) is 11.7 Å². The second kappa shape index (κ2) is 4.72. The SMILES string of the molecule is CC(CN1C(=O)C(=O)c2cc([N+](=O)[O-])ccc21)C(N)=O. The normalized spacial score (nSPS) is 15.2. The third-order valence-electron chi connectivity index (χ3n) is 3.11. The number of hydrogen-bond donors (Lipinski definition) is 1. The Morgan fingerprint density at radius 3 is 2.65 bits per heavy atom. The summed E-state index contributed by atoms with van der Waals surface area (Å²) in [6.07, 6.45) is 0. The first-order chi connectivity index (χ1) is 9.32. The molecule has 0 aromatic heterocycles. The molecule has 0 saturated heterocycles. The van der Waals surface area contributed by atoms with Crippen LogP contribution in [0.15, 0.2) is 18.2 Å². The number of carbonyl (C=O) groups excluding carboxylic acids is 3. The van der Waals surface area contributed by atoms with Crippen LogP contribution < -0.4 is 10.6 Å². The maximum absolute atomic E-state index is 11.9. The van der Waals surface area contributed by atoms with Gasteiger partial charge in [-0.1, -0.05) is 6.92 Å². The van der Waals surface area contributed by atoms with E-state index < -0.39 is 28.4 Å². The highest BCUT2D eigenvalue weighted by molar-refractivity contribution is 6.52. The second-order valence-electron chi connectivity index (χ2n) is 4.51. The summed E-state index contributed by atoms with van der Waals surface area (Å²) in [5.41, 5.74) is 5.09. The van der Waals surface area contributed by atoms with Crippen molar-refractivity contribution >= 4 is 29.0 Å². The molecule has 0 saturated carbocycles. The average Bonchev–Trinajstić information content (AvgIpc) is 2.63. The fraction of sp³-hybridized carbons (Fsp3) is 0.250. The molecule has 1 aromatic rings. The van der Waals surface area contributed by atoms with E-state index in [1.807, 2.05) is 0 Å². The number of amides is 2. The van der Waals surface area contributed by atoms with Gasteiger partial charge in [0.1, 0.15) is 0 Å². The topological polar surface area (TPSA) is 124 Å². The number of carbonyl (C=O) groups is 3. The number of non-ortho nitro benzene ring substituents is 1. The fourth-order valence-corrected chi connectivity index (χ4v) is 1.95. The van der Waals surface area contributed by atoms with E-state index >= 15 is 0 Å². The van der Waals surface area contributed by atoms with Crippen LogP contribution in [0, 0.1) is 16.0 Å². The zero-order valence-electron chi connectivity index (χ0n) is 10.5. The van der Waals surface area contributed by atoms with Crippen molar-refractivity contribution in [2.75, 3.05) is 11.4 Å². The number of nitro benzene ring substituents is 1. The third-order valence-corrected chi connectivity index (χ3v) is 3.11. The van der Waals surface area contributed by atoms with Crippen LogP contribution in [0.3, 0.4) is 0 Å². The van der Waals surface area contributed by atoms with Crippen LogP contribution in [0.25, 0.3) is 0 Å². The van der Waals surface area contributed by atoms with Crippen molar-refractivity contribution in [1.29, 1.82) is 0 Å². The molecule has 20 heavy (non-hydrogen) atoms. The first kappa shape index (κ1) is 13.7. The zero-order chi connectivity index (χ0) is 15.0. The molecule has 2 N–H and O–H groups in total. The molecule has 104 valence electrons. The van der Waals surface area contributed by atoms with E-state index in [2.05, 4.69) is 0 Å². The smallest absolute Gasteiger partial charge is 0.299 e. The highest BCUT2D eigenvalue weighted by atomic mass is 16.6. The number of primary amides is 1. The Labute approximate surface area is 113 Å². The third kappa shape index (κ3) is 2.11. The summed E-state index contributed by atoms with van der Waals surface area (Å²) in [6, 6.07) is 3.58. The van der Waals surface area contributed by atoms with E-state index in [9.17, 15) is 24.5 Å². The Bertz CT molecular complexity index is 640. The lowest BCUT2D eigenvalue weighted by Gasteiger charge is -2.19. The van der Waals surface area contributed by atoms with Crippen LogP contribution in [0.4, 0.5) is 11.4 Å². The molecule has 1 atom stereocenters. The summed E-state index contributed by atoms with van der Waals surface area (Å²) in [7, 11) is 0. The van der Waals surface area contributed by atoms with Crippen molar-refractivity contribution in [2.45, 2.75) is 6.92 Å². The van der Waals surface area contributed by atoms with Gasteiger partial charge in [0.15, 0.2) is 0 Å². The largest absolute Gasteiger partial charge is 0.369 e. The molecule has 2 amide bonds. The lowest BCUT2D eigenvalue weighted by atomic mass is 10.1. The Hall–Kier alpha value is -2.77. The van der Waals surface area contributed by atoms with Gasteiger partial charge in [0.25, 0.3) is 17.4 Å². The van der Waals surface area contributed by atoms with Crippen molar-refractivity contribution in [3.63, 3.8) is 0 Å². The molecule has 0 radical (unpaired) electrons. The predicted molar refractivity (Wildman–Crippen MR) is 68.1 cm³/mol. The number of nitro groups is 1. The first-order valence-electron chi connectivity index (χ1n) is 5.77. The second-order valence-corrected chi connectivity index (χ2v) is 4.51. The summed E-state index contributed by atoms with van der Waals surface area (Å²) >= 11 is 0. The van der Waals surface area contributed by atoms with Gasteiger partial charge in [0.05, 0.1) is 22.1 Å². The Morgan fingerprint density at radius 1 is 1.45 bits per heavy atom. The summed E-state index contributed by atoms with van der Waals surface area (Å²) < 4.78 is 0. The van der Waals surface area contributed by atoms with Gasteiger partial charge < -0.3 is 10.6 Å². The number of nitrogens with zero attached hydrogens (tertiary/aromatic N) is 2. The maximum Gasteiger partial charge on any atom is 0.299 e. The van der Waals surface area contributed by atoms with Crippen LogP contribution in [-0.4, -0.2) is 29.1 Å². The van der Waals surface area contributed by atoms with Gasteiger partial charge in [0.2, 0.25) is 5.91 Å². The molecule has 0 bridgehead atoms. The molecule has 0 fully saturated rings. The predicted octanol–water partition coefficient (Wildman–Crippen LogP) is 0.246. The van der Waals surface area contributed by atoms with E-state index in [4.69, 9.17) is 5.73 Å². The molecule has 1 aliphatic rings. The van der Waals surface area contributed by atoms with E-state index in [1.54, 1.807) is 0 Å². The van der Waals surface area contributed by atoms with Crippen LogP contribution in [0.2, 0.25) is 0 Å². The highest BCUT2D eigenvalue weighted by Crippen LogP contribution is 2.32. The van der Waals surface area contributed by atoms with Crippen LogP contribution in [-0.2, 0) is 9.59 Å². The van der Waals surface area contributed by atoms with Gasteiger partial charge in [-0.05, 0) is 6.07 Å². The minimum Gasteiger partial charge on any atom is -0.369 e. The average molecular weight is 277 g/mol. The number of benzene rings is 1. The molecule has 0 spiro atoms. The molecule has 1 heterocycles. The Balaban J connectivity index is 2.41. The lowest BCUT2D eigenvalue weighted by Crippen LogP contribution is -2.38. The Kier molecular flexibility index (Phi) is 3.23. The monoisotopic (exact) mass is 277 g/mol. The number of anilines is 1. The van der Waals surface area contributed by atoms with Crippen molar-refractivity contribution in [3.05, 3.63) is 33.9 Å². The standard InChI is InChI=1S/C12H11N3O5/c1-6(11(13)17)5-14-9-3-2-7(15(19)20)4-8(9)10(16)12(14)18/h2-4,6H,5H2,1H3,(H2,13,17). The number of hydrogen-bond acceptors (Lipinski definition) is 5. The number of fused-ring (bicyclic) bond motifs is 1. The Morgan fingerprint density at radius 2 is 2.10 bits per heavy atom.